The zero-order chi connectivity index (χ0) is 32.2. The van der Waals surface area contributed by atoms with Gasteiger partial charge in [0.25, 0.3) is 5.91 Å². The predicted octanol–water partition coefficient (Wildman–Crippen LogP) is 2.55. The van der Waals surface area contributed by atoms with Crippen LogP contribution < -0.4 is 11.5 Å². The fourth-order valence-corrected chi connectivity index (χ4v) is 4.70. The zero-order valence-corrected chi connectivity index (χ0v) is 25.6. The monoisotopic (exact) mass is 604 g/mol. The molecule has 3 amide bonds. The molecule has 0 aliphatic heterocycles. The molecular formula is C34H44N4O6. The van der Waals surface area contributed by atoms with Crippen molar-refractivity contribution in [1.29, 1.82) is 0 Å². The molecule has 0 heterocycles. The standard InChI is InChI=1S/C34H44N4O6/c1-4-37(33(42)30-26(18-27(40)19-39)16-11-17-28(30)25-14-9-6-10-15-25)22-38(34(43)31(36)23(2)3)32(41)29(35)21-44-20-24-12-7-5-8-13-24/h5-17,23,27,29,31,39-40H,4,18-22,35-36H2,1-3H3/t27-,29?,31?/m0/s1. The van der Waals surface area contributed by atoms with Gasteiger partial charge in [-0.05, 0) is 35.1 Å². The number of carbonyl (C=O) groups is 3. The van der Waals surface area contributed by atoms with E-state index in [0.717, 1.165) is 16.0 Å². The molecule has 0 saturated heterocycles. The van der Waals surface area contributed by atoms with Crippen molar-refractivity contribution in [2.45, 2.75) is 52.0 Å². The second-order valence-electron chi connectivity index (χ2n) is 11.0. The minimum Gasteiger partial charge on any atom is -0.394 e. The zero-order valence-electron chi connectivity index (χ0n) is 25.6. The summed E-state index contributed by atoms with van der Waals surface area (Å²) in [4.78, 5) is 43.8. The van der Waals surface area contributed by atoms with Gasteiger partial charge in [-0.1, -0.05) is 92.7 Å². The van der Waals surface area contributed by atoms with E-state index in [4.69, 9.17) is 16.2 Å². The van der Waals surface area contributed by atoms with Gasteiger partial charge in [-0.15, -0.1) is 0 Å². The van der Waals surface area contributed by atoms with E-state index < -0.39 is 42.5 Å². The van der Waals surface area contributed by atoms with Gasteiger partial charge in [0.2, 0.25) is 11.8 Å². The fraction of sp³-hybridized carbons (Fsp3) is 0.382. The molecular weight excluding hydrogens is 560 g/mol. The number of ether oxygens (including phenoxy) is 1. The molecule has 10 heteroatoms. The third-order valence-corrected chi connectivity index (χ3v) is 7.36. The first-order valence-corrected chi connectivity index (χ1v) is 14.8. The van der Waals surface area contributed by atoms with Gasteiger partial charge in [0.05, 0.1) is 37.5 Å². The first-order valence-electron chi connectivity index (χ1n) is 14.8. The number of nitrogens with two attached hydrogens (primary N) is 2. The maximum absolute atomic E-state index is 14.3. The van der Waals surface area contributed by atoms with Crippen molar-refractivity contribution >= 4 is 17.7 Å². The Hall–Kier alpha value is -3.93. The molecule has 3 aromatic rings. The minimum absolute atomic E-state index is 0.0270. The van der Waals surface area contributed by atoms with Gasteiger partial charge in [-0.25, -0.2) is 0 Å². The molecule has 0 aliphatic rings. The lowest BCUT2D eigenvalue weighted by atomic mass is 9.92. The normalized spacial score (nSPS) is 13.3. The molecule has 10 nitrogen and oxygen atoms in total. The quantitative estimate of drug-likeness (QED) is 0.193. The van der Waals surface area contributed by atoms with Crippen molar-refractivity contribution in [3.63, 3.8) is 0 Å². The first kappa shape index (κ1) is 34.6. The lowest BCUT2D eigenvalue weighted by Crippen LogP contribution is -2.58. The Morgan fingerprint density at radius 3 is 2.11 bits per heavy atom. The molecule has 0 fully saturated rings. The van der Waals surface area contributed by atoms with Crippen molar-refractivity contribution in [3.8, 4) is 11.1 Å². The molecule has 2 unspecified atom stereocenters. The smallest absolute Gasteiger partial charge is 0.256 e. The number of hydrogen-bond acceptors (Lipinski definition) is 8. The second-order valence-corrected chi connectivity index (χ2v) is 11.0. The maximum Gasteiger partial charge on any atom is 0.256 e. The Labute approximate surface area is 259 Å². The van der Waals surface area contributed by atoms with Crippen molar-refractivity contribution in [1.82, 2.24) is 9.80 Å². The molecule has 3 rings (SSSR count). The molecule has 3 aromatic carbocycles. The topological polar surface area (TPSA) is 159 Å². The maximum atomic E-state index is 14.3. The summed E-state index contributed by atoms with van der Waals surface area (Å²) in [5.74, 6) is -2.09. The van der Waals surface area contributed by atoms with Crippen molar-refractivity contribution in [3.05, 3.63) is 95.6 Å². The molecule has 0 bridgehead atoms. The highest BCUT2D eigenvalue weighted by atomic mass is 16.5. The van der Waals surface area contributed by atoms with Crippen molar-refractivity contribution in [2.75, 3.05) is 26.4 Å². The molecule has 236 valence electrons. The van der Waals surface area contributed by atoms with Crippen LogP contribution in [-0.4, -0.2) is 82.3 Å². The Kier molecular flexibility index (Phi) is 13.2. The summed E-state index contributed by atoms with van der Waals surface area (Å²) in [6, 6.07) is 21.8. The SMILES string of the molecule is CCN(CN(C(=O)C(N)COCc1ccccc1)C(=O)C(N)C(C)C)C(=O)c1c(C[C@H](O)CO)cccc1-c1ccccc1. The van der Waals surface area contributed by atoms with Gasteiger partial charge >= 0.3 is 0 Å². The molecule has 0 aromatic heterocycles. The summed E-state index contributed by atoms with van der Waals surface area (Å²) < 4.78 is 5.68. The molecule has 0 radical (unpaired) electrons. The number of aliphatic hydroxyl groups excluding tert-OH is 2. The number of benzene rings is 3. The average molecular weight is 605 g/mol. The highest BCUT2D eigenvalue weighted by Crippen LogP contribution is 2.29. The largest absolute Gasteiger partial charge is 0.394 e. The summed E-state index contributed by atoms with van der Waals surface area (Å²) in [6.45, 7) is 4.66. The third kappa shape index (κ3) is 9.04. The summed E-state index contributed by atoms with van der Waals surface area (Å²) in [5.41, 5.74) is 15.6. The van der Waals surface area contributed by atoms with E-state index in [0.29, 0.717) is 16.7 Å². The summed E-state index contributed by atoms with van der Waals surface area (Å²) in [7, 11) is 0. The third-order valence-electron chi connectivity index (χ3n) is 7.36. The second kappa shape index (κ2) is 16.8. The van der Waals surface area contributed by atoms with Crippen LogP contribution in [0.5, 0.6) is 0 Å². The van der Waals surface area contributed by atoms with Crippen LogP contribution in [0.3, 0.4) is 0 Å². The van der Waals surface area contributed by atoms with Gasteiger partial charge in [0.15, 0.2) is 0 Å². The van der Waals surface area contributed by atoms with Crippen LogP contribution in [0.1, 0.15) is 42.3 Å². The van der Waals surface area contributed by atoms with Gasteiger partial charge < -0.3 is 31.3 Å². The molecule has 3 atom stereocenters. The number of carbonyl (C=O) groups excluding carboxylic acids is 3. The van der Waals surface area contributed by atoms with Crippen LogP contribution in [0, 0.1) is 5.92 Å². The molecule has 0 saturated carbocycles. The van der Waals surface area contributed by atoms with Crippen molar-refractivity contribution in [2.24, 2.45) is 17.4 Å². The van der Waals surface area contributed by atoms with E-state index in [1.807, 2.05) is 60.7 Å². The molecule has 44 heavy (non-hydrogen) atoms. The molecule has 6 N–H and O–H groups in total. The summed E-state index contributed by atoms with van der Waals surface area (Å²) in [5, 5.41) is 19.8. The number of amides is 3. The van der Waals surface area contributed by atoms with Gasteiger partial charge in [0, 0.05) is 13.0 Å². The molecule has 0 aliphatic carbocycles. The minimum atomic E-state index is -1.18. The number of aliphatic hydroxyl groups is 2. The van der Waals surface area contributed by atoms with Crippen LogP contribution in [-0.2, 0) is 27.4 Å². The van der Waals surface area contributed by atoms with Gasteiger partial charge in [0.1, 0.15) is 12.7 Å². The van der Waals surface area contributed by atoms with Gasteiger partial charge in [-0.2, -0.15) is 0 Å². The average Bonchev–Trinajstić information content (AvgIpc) is 3.04. The van der Waals surface area contributed by atoms with Crippen LogP contribution in [0.2, 0.25) is 0 Å². The number of nitrogens with zero attached hydrogens (tertiary/aromatic N) is 2. The van der Waals surface area contributed by atoms with Crippen LogP contribution in [0.4, 0.5) is 0 Å². The Morgan fingerprint density at radius 1 is 0.886 bits per heavy atom. The molecule has 0 spiro atoms. The fourth-order valence-electron chi connectivity index (χ4n) is 4.70. The van der Waals surface area contributed by atoms with E-state index >= 15 is 0 Å². The summed E-state index contributed by atoms with van der Waals surface area (Å²) >= 11 is 0. The van der Waals surface area contributed by atoms with Crippen LogP contribution in [0.25, 0.3) is 11.1 Å². The van der Waals surface area contributed by atoms with Gasteiger partial charge in [-0.3, -0.25) is 19.3 Å². The van der Waals surface area contributed by atoms with Crippen LogP contribution in [0.15, 0.2) is 78.9 Å². The lowest BCUT2D eigenvalue weighted by Gasteiger charge is -2.33. The number of imide groups is 1. The highest BCUT2D eigenvalue weighted by molar-refractivity contribution is 6.04. The number of rotatable bonds is 15. The lowest BCUT2D eigenvalue weighted by molar-refractivity contribution is -0.150. The van der Waals surface area contributed by atoms with E-state index in [1.54, 1.807) is 39.0 Å². The first-order chi connectivity index (χ1) is 21.1. The Balaban J connectivity index is 1.94. The number of hydrogen-bond donors (Lipinski definition) is 4. The predicted molar refractivity (Wildman–Crippen MR) is 169 cm³/mol. The summed E-state index contributed by atoms with van der Waals surface area (Å²) in [6.07, 6.45) is -1.06. The van der Waals surface area contributed by atoms with Crippen LogP contribution >= 0.6 is 0 Å². The van der Waals surface area contributed by atoms with Crippen molar-refractivity contribution < 1.29 is 29.3 Å². The van der Waals surface area contributed by atoms with E-state index in [1.165, 1.54) is 4.90 Å². The Morgan fingerprint density at radius 2 is 1.52 bits per heavy atom. The van der Waals surface area contributed by atoms with E-state index in [-0.39, 0.29) is 38.8 Å². The van der Waals surface area contributed by atoms with E-state index in [2.05, 4.69) is 0 Å². The van der Waals surface area contributed by atoms with E-state index in [9.17, 15) is 24.6 Å². The highest BCUT2D eigenvalue weighted by Gasteiger charge is 2.34. The Bertz CT molecular complexity index is 1370.